The molecule has 2 N–H and O–H groups in total. The Hall–Kier alpha value is -1.81. The van der Waals surface area contributed by atoms with E-state index in [-0.39, 0.29) is 5.56 Å². The largest absolute Gasteiger partial charge is 0.324 e. The maximum Gasteiger partial charge on any atom is 0.133 e. The number of nitrogens with zero attached hydrogens (tertiary/aromatic N) is 1. The molecular weight excluding hydrogens is 246 g/mol. The van der Waals surface area contributed by atoms with Crippen molar-refractivity contribution in [2.24, 2.45) is 5.73 Å². The van der Waals surface area contributed by atoms with Gasteiger partial charge in [0.25, 0.3) is 0 Å². The first-order valence-corrected chi connectivity index (χ1v) is 6.18. The Labute approximate surface area is 111 Å². The zero-order chi connectivity index (χ0) is 13.8. The topological polar surface area (TPSA) is 38.9 Å². The predicted octanol–water partition coefficient (Wildman–Crippen LogP) is 3.30. The minimum Gasteiger partial charge on any atom is -0.324 e. The fourth-order valence-corrected chi connectivity index (χ4v) is 2.03. The van der Waals surface area contributed by atoms with Crippen LogP contribution in [0.2, 0.25) is 0 Å². The van der Waals surface area contributed by atoms with Gasteiger partial charge in [0.15, 0.2) is 0 Å². The van der Waals surface area contributed by atoms with E-state index >= 15 is 0 Å². The van der Waals surface area contributed by atoms with E-state index in [2.05, 4.69) is 4.98 Å². The van der Waals surface area contributed by atoms with Crippen molar-refractivity contribution in [1.29, 1.82) is 0 Å². The molecule has 4 heteroatoms. The number of hydrogen-bond acceptors (Lipinski definition) is 2. The molecule has 1 aromatic heterocycles. The van der Waals surface area contributed by atoms with Crippen LogP contribution in [-0.2, 0) is 6.42 Å². The zero-order valence-electron chi connectivity index (χ0n) is 10.7. The average Bonchev–Trinajstić information content (AvgIpc) is 2.42. The van der Waals surface area contributed by atoms with Gasteiger partial charge in [-0.1, -0.05) is 6.07 Å². The molecule has 2 aromatic rings. The van der Waals surface area contributed by atoms with Gasteiger partial charge in [-0.2, -0.15) is 0 Å². The molecule has 0 radical (unpaired) electrons. The molecule has 0 saturated carbocycles. The molecule has 1 atom stereocenters. The van der Waals surface area contributed by atoms with Crippen LogP contribution in [0.15, 0.2) is 36.7 Å². The van der Waals surface area contributed by atoms with Crippen LogP contribution in [0, 0.1) is 18.6 Å². The van der Waals surface area contributed by atoms with E-state index in [4.69, 9.17) is 5.73 Å². The van der Waals surface area contributed by atoms with Crippen LogP contribution in [0.5, 0.6) is 0 Å². The van der Waals surface area contributed by atoms with Crippen LogP contribution in [-0.4, -0.2) is 4.98 Å². The molecule has 0 aliphatic carbocycles. The first kappa shape index (κ1) is 13.6. The summed E-state index contributed by atoms with van der Waals surface area (Å²) in [6, 6.07) is 5.78. The highest BCUT2D eigenvalue weighted by Crippen LogP contribution is 2.24. The third-order valence-electron chi connectivity index (χ3n) is 3.18. The number of nitrogens with two attached hydrogens (primary N) is 1. The van der Waals surface area contributed by atoms with E-state index in [1.165, 1.54) is 12.1 Å². The third kappa shape index (κ3) is 3.15. The summed E-state index contributed by atoms with van der Waals surface area (Å²) in [4.78, 5) is 3.92. The van der Waals surface area contributed by atoms with Crippen molar-refractivity contribution in [3.05, 3.63) is 65.0 Å². The normalized spacial score (nSPS) is 12.4. The highest BCUT2D eigenvalue weighted by molar-refractivity contribution is 5.29. The molecule has 0 fully saturated rings. The monoisotopic (exact) mass is 262 g/mol. The van der Waals surface area contributed by atoms with Gasteiger partial charge in [0.2, 0.25) is 0 Å². The molecule has 0 saturated heterocycles. The number of aromatic nitrogens is 1. The average molecular weight is 262 g/mol. The van der Waals surface area contributed by atoms with Crippen molar-refractivity contribution in [3.63, 3.8) is 0 Å². The van der Waals surface area contributed by atoms with Gasteiger partial charge in [-0.15, -0.1) is 0 Å². The quantitative estimate of drug-likeness (QED) is 0.918. The number of benzene rings is 1. The Kier molecular flexibility index (Phi) is 4.22. The molecule has 19 heavy (non-hydrogen) atoms. The summed E-state index contributed by atoms with van der Waals surface area (Å²) in [6.45, 7) is 1.61. The molecule has 100 valence electrons. The lowest BCUT2D eigenvalue weighted by Gasteiger charge is -2.15. The Balaban J connectivity index is 2.12. The van der Waals surface area contributed by atoms with Crippen LogP contribution in [0.1, 0.15) is 29.2 Å². The summed E-state index contributed by atoms with van der Waals surface area (Å²) in [5, 5.41) is 0. The standard InChI is InChI=1S/C15H16F2N2/c1-10-2-4-12(16)14(15(10)17)13(18)5-3-11-6-8-19-9-7-11/h2,4,6-9,13H,3,5,18H2,1H3. The van der Waals surface area contributed by atoms with Crippen molar-refractivity contribution in [1.82, 2.24) is 4.98 Å². The number of pyridine rings is 1. The molecule has 1 aromatic carbocycles. The summed E-state index contributed by atoms with van der Waals surface area (Å²) in [5.41, 5.74) is 7.37. The van der Waals surface area contributed by atoms with Gasteiger partial charge in [-0.05, 0) is 49.1 Å². The van der Waals surface area contributed by atoms with Crippen molar-refractivity contribution in [3.8, 4) is 0 Å². The minimum atomic E-state index is -0.645. The Morgan fingerprint density at radius 2 is 1.84 bits per heavy atom. The summed E-state index contributed by atoms with van der Waals surface area (Å²) < 4.78 is 27.6. The molecule has 2 nitrogen and oxygen atoms in total. The van der Waals surface area contributed by atoms with Crippen molar-refractivity contribution >= 4 is 0 Å². The lowest BCUT2D eigenvalue weighted by molar-refractivity contribution is 0.508. The molecule has 1 unspecified atom stereocenters. The van der Waals surface area contributed by atoms with E-state index in [0.717, 1.165) is 5.56 Å². The van der Waals surface area contributed by atoms with E-state index in [0.29, 0.717) is 18.4 Å². The second kappa shape index (κ2) is 5.89. The second-order valence-electron chi connectivity index (χ2n) is 4.59. The van der Waals surface area contributed by atoms with E-state index in [9.17, 15) is 8.78 Å². The number of rotatable bonds is 4. The van der Waals surface area contributed by atoms with Gasteiger partial charge in [-0.3, -0.25) is 4.98 Å². The summed E-state index contributed by atoms with van der Waals surface area (Å²) in [5.74, 6) is -1.12. The highest BCUT2D eigenvalue weighted by Gasteiger charge is 2.18. The maximum absolute atomic E-state index is 13.9. The molecule has 0 bridgehead atoms. The van der Waals surface area contributed by atoms with Crippen molar-refractivity contribution in [2.75, 3.05) is 0 Å². The molecule has 0 spiro atoms. The van der Waals surface area contributed by atoms with Gasteiger partial charge in [0.05, 0.1) is 0 Å². The zero-order valence-corrected chi connectivity index (χ0v) is 10.7. The van der Waals surface area contributed by atoms with E-state index < -0.39 is 17.7 Å². The first-order valence-electron chi connectivity index (χ1n) is 6.18. The predicted molar refractivity (Wildman–Crippen MR) is 70.6 cm³/mol. The van der Waals surface area contributed by atoms with Crippen LogP contribution in [0.4, 0.5) is 8.78 Å². The van der Waals surface area contributed by atoms with Gasteiger partial charge < -0.3 is 5.73 Å². The maximum atomic E-state index is 13.9. The number of hydrogen-bond donors (Lipinski definition) is 1. The summed E-state index contributed by atoms with van der Waals surface area (Å²) in [6.07, 6.45) is 4.53. The van der Waals surface area contributed by atoms with Gasteiger partial charge in [0, 0.05) is 24.0 Å². The minimum absolute atomic E-state index is 0.0194. The summed E-state index contributed by atoms with van der Waals surface area (Å²) >= 11 is 0. The molecule has 1 heterocycles. The SMILES string of the molecule is Cc1ccc(F)c(C(N)CCc2ccncc2)c1F. The van der Waals surface area contributed by atoms with E-state index in [1.807, 2.05) is 12.1 Å². The first-order chi connectivity index (χ1) is 9.09. The van der Waals surface area contributed by atoms with Crippen molar-refractivity contribution in [2.45, 2.75) is 25.8 Å². The fraction of sp³-hybridized carbons (Fsp3) is 0.267. The lowest BCUT2D eigenvalue weighted by Crippen LogP contribution is -2.16. The molecule has 2 rings (SSSR count). The van der Waals surface area contributed by atoms with Crippen LogP contribution in [0.25, 0.3) is 0 Å². The molecule has 0 amide bonds. The lowest BCUT2D eigenvalue weighted by atomic mass is 9.97. The van der Waals surface area contributed by atoms with Gasteiger partial charge in [-0.25, -0.2) is 8.78 Å². The Morgan fingerprint density at radius 3 is 2.53 bits per heavy atom. The van der Waals surface area contributed by atoms with E-state index in [1.54, 1.807) is 19.3 Å². The molecule has 0 aliphatic heterocycles. The molecule has 0 aliphatic rings. The summed E-state index contributed by atoms with van der Waals surface area (Å²) in [7, 11) is 0. The Bertz CT molecular complexity index is 556. The van der Waals surface area contributed by atoms with Crippen molar-refractivity contribution < 1.29 is 8.78 Å². The number of aryl methyl sites for hydroxylation is 2. The fourth-order valence-electron chi connectivity index (χ4n) is 2.03. The van der Waals surface area contributed by atoms with Gasteiger partial charge in [0.1, 0.15) is 11.6 Å². The number of halogens is 2. The highest BCUT2D eigenvalue weighted by atomic mass is 19.1. The van der Waals surface area contributed by atoms with Crippen LogP contribution < -0.4 is 5.73 Å². The molecular formula is C15H16F2N2. The van der Waals surface area contributed by atoms with Crippen LogP contribution in [0.3, 0.4) is 0 Å². The van der Waals surface area contributed by atoms with Gasteiger partial charge >= 0.3 is 0 Å². The van der Waals surface area contributed by atoms with Crippen LogP contribution >= 0.6 is 0 Å². The second-order valence-corrected chi connectivity index (χ2v) is 4.59. The third-order valence-corrected chi connectivity index (χ3v) is 3.18. The smallest absolute Gasteiger partial charge is 0.133 e. The Morgan fingerprint density at radius 1 is 1.16 bits per heavy atom.